The predicted molar refractivity (Wildman–Crippen MR) is 23.2 cm³/mol. The maximum Gasteiger partial charge on any atom is 0.226 e. The molecule has 30 valence electrons. The van der Waals surface area contributed by atoms with Crippen molar-refractivity contribution in [3.8, 4) is 0 Å². The molecular formula is C3H8OSi. The van der Waals surface area contributed by atoms with Gasteiger partial charge in [0.1, 0.15) is 0 Å². The van der Waals surface area contributed by atoms with Gasteiger partial charge in [-0.25, -0.2) is 0 Å². The smallest absolute Gasteiger partial charge is 0.226 e. The van der Waals surface area contributed by atoms with E-state index in [4.69, 9.17) is 4.43 Å². The fraction of sp³-hybridized carbons (Fsp3) is 1.00. The zero-order valence-electron chi connectivity index (χ0n) is 3.62. The van der Waals surface area contributed by atoms with E-state index in [0.29, 0.717) is 9.76 Å². The Labute approximate surface area is 35.3 Å². The monoisotopic (exact) mass is 88.0 g/mol. The molecule has 0 N–H and O–H groups in total. The first-order chi connectivity index (χ1) is 2.41. The summed E-state index contributed by atoms with van der Waals surface area (Å²) in [6, 6.07) is 0. The fourth-order valence-corrected chi connectivity index (χ4v) is 0.433. The zero-order chi connectivity index (χ0) is 4.12. The van der Waals surface area contributed by atoms with Gasteiger partial charge in [0, 0.05) is 6.61 Å². The maximum atomic E-state index is 4.86. The normalized spacial score (nSPS) is 8.40. The average Bonchev–Trinajstić information content (AvgIpc) is 1.41. The lowest BCUT2D eigenvalue weighted by Gasteiger charge is -1.84. The molecule has 0 heterocycles. The van der Waals surface area contributed by atoms with E-state index >= 15 is 0 Å². The van der Waals surface area contributed by atoms with Gasteiger partial charge in [0.25, 0.3) is 0 Å². The highest BCUT2D eigenvalue weighted by Crippen LogP contribution is 1.61. The van der Waals surface area contributed by atoms with Crippen LogP contribution in [0.1, 0.15) is 6.92 Å². The van der Waals surface area contributed by atoms with Gasteiger partial charge in [-0.1, -0.05) is 0 Å². The minimum atomic E-state index is 0.658. The van der Waals surface area contributed by atoms with Crippen LogP contribution in [0, 0.1) is 0 Å². The molecule has 0 amide bonds. The molecule has 0 bridgehead atoms. The van der Waals surface area contributed by atoms with Gasteiger partial charge in [0.15, 0.2) is 0 Å². The molecule has 1 nitrogen and oxygen atoms in total. The third-order valence-corrected chi connectivity index (χ3v) is 0.866. The highest BCUT2D eigenvalue weighted by Gasteiger charge is 1.68. The topological polar surface area (TPSA) is 9.23 Å². The van der Waals surface area contributed by atoms with Gasteiger partial charge in [-0.3, -0.25) is 0 Å². The second kappa shape index (κ2) is 4.18. The molecule has 0 aliphatic carbocycles. The van der Waals surface area contributed by atoms with Crippen molar-refractivity contribution in [3.63, 3.8) is 0 Å². The van der Waals surface area contributed by atoms with E-state index in [9.17, 15) is 0 Å². The number of hydrogen-bond donors (Lipinski definition) is 0. The Balaban J connectivity index is 2.19. The van der Waals surface area contributed by atoms with Crippen LogP contribution in [0.15, 0.2) is 0 Å². The first-order valence-corrected chi connectivity index (χ1v) is 3.11. The standard InChI is InChI=1S/C3H8OSi/c1-3-4-5-2/h3H2,1-2H3. The van der Waals surface area contributed by atoms with Crippen molar-refractivity contribution in [1.29, 1.82) is 0 Å². The molecule has 0 saturated heterocycles. The lowest BCUT2D eigenvalue weighted by Crippen LogP contribution is -1.88. The van der Waals surface area contributed by atoms with Crippen molar-refractivity contribution >= 4 is 9.76 Å². The Kier molecular flexibility index (Phi) is 4.32. The van der Waals surface area contributed by atoms with Crippen molar-refractivity contribution in [2.75, 3.05) is 6.61 Å². The van der Waals surface area contributed by atoms with Gasteiger partial charge in [0.05, 0.1) is 0 Å². The summed E-state index contributed by atoms with van der Waals surface area (Å²) in [6.45, 7) is 4.87. The first kappa shape index (κ1) is 5.18. The summed E-state index contributed by atoms with van der Waals surface area (Å²) >= 11 is 0. The van der Waals surface area contributed by atoms with Crippen LogP contribution in [0.25, 0.3) is 0 Å². The van der Waals surface area contributed by atoms with Crippen LogP contribution in [0.2, 0.25) is 6.55 Å². The molecule has 0 unspecified atom stereocenters. The second-order valence-electron chi connectivity index (χ2n) is 0.637. The number of hydrogen-bond acceptors (Lipinski definition) is 1. The molecule has 0 aliphatic heterocycles. The molecular weight excluding hydrogens is 80.1 g/mol. The van der Waals surface area contributed by atoms with E-state index in [1.807, 2.05) is 13.5 Å². The van der Waals surface area contributed by atoms with Gasteiger partial charge in [-0.05, 0) is 13.5 Å². The van der Waals surface area contributed by atoms with E-state index in [-0.39, 0.29) is 0 Å². The van der Waals surface area contributed by atoms with Crippen LogP contribution >= 0.6 is 0 Å². The maximum absolute atomic E-state index is 4.86. The van der Waals surface area contributed by atoms with Crippen molar-refractivity contribution < 1.29 is 4.43 Å². The quantitative estimate of drug-likeness (QED) is 0.451. The van der Waals surface area contributed by atoms with Gasteiger partial charge >= 0.3 is 0 Å². The highest BCUT2D eigenvalue weighted by molar-refractivity contribution is 6.24. The van der Waals surface area contributed by atoms with Gasteiger partial charge in [-0.2, -0.15) is 0 Å². The third-order valence-electron chi connectivity index (χ3n) is 0.289. The summed E-state index contributed by atoms with van der Waals surface area (Å²) in [5.74, 6) is 0. The summed E-state index contributed by atoms with van der Waals surface area (Å²) in [4.78, 5) is 0. The van der Waals surface area contributed by atoms with Crippen molar-refractivity contribution in [3.05, 3.63) is 0 Å². The summed E-state index contributed by atoms with van der Waals surface area (Å²) in [6.07, 6.45) is 0. The molecule has 0 aromatic rings. The van der Waals surface area contributed by atoms with Gasteiger partial charge in [0.2, 0.25) is 9.76 Å². The highest BCUT2D eigenvalue weighted by atomic mass is 28.2. The number of rotatable bonds is 2. The third kappa shape index (κ3) is 4.18. The summed E-state index contributed by atoms with van der Waals surface area (Å²) in [5.41, 5.74) is 0. The van der Waals surface area contributed by atoms with E-state index in [0.717, 1.165) is 6.61 Å². The van der Waals surface area contributed by atoms with Crippen molar-refractivity contribution in [2.24, 2.45) is 0 Å². The molecule has 0 aromatic heterocycles. The molecule has 0 spiro atoms. The molecule has 5 heavy (non-hydrogen) atoms. The van der Waals surface area contributed by atoms with E-state index < -0.39 is 0 Å². The van der Waals surface area contributed by atoms with Gasteiger partial charge in [-0.15, -0.1) is 0 Å². The Morgan fingerprint density at radius 3 is 2.40 bits per heavy atom. The molecule has 0 aliphatic rings. The van der Waals surface area contributed by atoms with Gasteiger partial charge < -0.3 is 4.43 Å². The minimum Gasteiger partial charge on any atom is -0.418 e. The molecule has 0 aromatic carbocycles. The van der Waals surface area contributed by atoms with Crippen LogP contribution < -0.4 is 0 Å². The summed E-state index contributed by atoms with van der Waals surface area (Å²) in [7, 11) is 0.658. The van der Waals surface area contributed by atoms with Crippen molar-refractivity contribution in [1.82, 2.24) is 0 Å². The first-order valence-electron chi connectivity index (χ1n) is 1.70. The fourth-order valence-electron chi connectivity index (χ4n) is 0.144. The molecule has 2 radical (unpaired) electrons. The lowest BCUT2D eigenvalue weighted by atomic mass is 10.9. The van der Waals surface area contributed by atoms with Crippen molar-refractivity contribution in [2.45, 2.75) is 13.5 Å². The Morgan fingerprint density at radius 1 is 1.80 bits per heavy atom. The summed E-state index contributed by atoms with van der Waals surface area (Å²) in [5, 5.41) is 0. The molecule has 2 heteroatoms. The van der Waals surface area contributed by atoms with E-state index in [1.54, 1.807) is 0 Å². The molecule has 0 saturated carbocycles. The molecule has 0 rings (SSSR count). The van der Waals surface area contributed by atoms with E-state index in [2.05, 4.69) is 0 Å². The van der Waals surface area contributed by atoms with Crippen LogP contribution in [-0.2, 0) is 4.43 Å². The minimum absolute atomic E-state index is 0.658. The average molecular weight is 88.2 g/mol. The Morgan fingerprint density at radius 2 is 2.40 bits per heavy atom. The molecule has 0 fully saturated rings. The summed E-state index contributed by atoms with van der Waals surface area (Å²) < 4.78 is 4.86. The molecule has 0 atom stereocenters. The van der Waals surface area contributed by atoms with Crippen LogP contribution in [0.3, 0.4) is 0 Å². The van der Waals surface area contributed by atoms with Crippen LogP contribution in [0.5, 0.6) is 0 Å². The van der Waals surface area contributed by atoms with Crippen LogP contribution in [0.4, 0.5) is 0 Å². The predicted octanol–water partition coefficient (Wildman–Crippen LogP) is 0.690. The van der Waals surface area contributed by atoms with E-state index in [1.165, 1.54) is 0 Å². The Hall–Kier alpha value is 0.177. The largest absolute Gasteiger partial charge is 0.418 e. The lowest BCUT2D eigenvalue weighted by molar-refractivity contribution is 0.364. The second-order valence-corrected chi connectivity index (χ2v) is 1.33. The van der Waals surface area contributed by atoms with Crippen LogP contribution in [-0.4, -0.2) is 16.4 Å². The zero-order valence-corrected chi connectivity index (χ0v) is 4.62. The Bertz CT molecular complexity index is 14.4. The SMILES string of the molecule is CCO[Si]C.